The maximum atomic E-state index is 11.2. The Morgan fingerprint density at radius 3 is 2.67 bits per heavy atom. The Hall–Kier alpha value is -2.29. The molecule has 0 fully saturated rings. The van der Waals surface area contributed by atoms with Gasteiger partial charge in [-0.1, -0.05) is 0 Å². The van der Waals surface area contributed by atoms with E-state index in [-0.39, 0.29) is 16.7 Å². The van der Waals surface area contributed by atoms with Crippen molar-refractivity contribution in [3.05, 3.63) is 27.0 Å². The lowest BCUT2D eigenvalue weighted by Gasteiger charge is -2.06. The van der Waals surface area contributed by atoms with Gasteiger partial charge in [0.15, 0.2) is 0 Å². The van der Waals surface area contributed by atoms with Gasteiger partial charge in [0.25, 0.3) is 5.56 Å². The molecule has 78 valence electrons. The molecule has 0 unspecified atom stereocenters. The average Bonchev–Trinajstić information content (AvgIpc) is 2.17. The summed E-state index contributed by atoms with van der Waals surface area (Å²) in [5.41, 5.74) is -1.05. The van der Waals surface area contributed by atoms with E-state index in [1.54, 1.807) is 6.07 Å². The SMILES string of the molecule is COC(=O)c1c(O)[nH]c(=O)c(C#N)c1C. The molecule has 0 aliphatic heterocycles. The van der Waals surface area contributed by atoms with E-state index in [2.05, 4.69) is 4.74 Å². The molecule has 2 N–H and O–H groups in total. The van der Waals surface area contributed by atoms with Crippen LogP contribution in [0.25, 0.3) is 0 Å². The Labute approximate surface area is 84.7 Å². The second-order valence-electron chi connectivity index (χ2n) is 2.78. The number of hydrogen-bond acceptors (Lipinski definition) is 5. The fourth-order valence-corrected chi connectivity index (χ4v) is 1.19. The summed E-state index contributed by atoms with van der Waals surface area (Å²) >= 11 is 0. The normalized spacial score (nSPS) is 9.40. The van der Waals surface area contributed by atoms with Gasteiger partial charge in [-0.2, -0.15) is 5.26 Å². The fourth-order valence-electron chi connectivity index (χ4n) is 1.19. The van der Waals surface area contributed by atoms with Crippen molar-refractivity contribution in [2.75, 3.05) is 7.11 Å². The second kappa shape index (κ2) is 3.84. The van der Waals surface area contributed by atoms with Crippen LogP contribution in [0.5, 0.6) is 5.88 Å². The van der Waals surface area contributed by atoms with E-state index in [9.17, 15) is 14.7 Å². The molecule has 1 aromatic heterocycles. The summed E-state index contributed by atoms with van der Waals surface area (Å²) in [5, 5.41) is 18.0. The predicted molar refractivity (Wildman–Crippen MR) is 49.5 cm³/mol. The first-order valence-corrected chi connectivity index (χ1v) is 3.97. The van der Waals surface area contributed by atoms with Crippen molar-refractivity contribution in [3.63, 3.8) is 0 Å². The number of pyridine rings is 1. The van der Waals surface area contributed by atoms with E-state index >= 15 is 0 Å². The van der Waals surface area contributed by atoms with E-state index in [1.807, 2.05) is 4.98 Å². The van der Waals surface area contributed by atoms with Gasteiger partial charge in [-0.15, -0.1) is 0 Å². The van der Waals surface area contributed by atoms with Gasteiger partial charge in [0, 0.05) is 0 Å². The Kier molecular flexibility index (Phi) is 2.76. The van der Waals surface area contributed by atoms with Gasteiger partial charge in [-0.25, -0.2) is 4.79 Å². The molecule has 0 bridgehead atoms. The monoisotopic (exact) mass is 208 g/mol. The molecule has 0 aliphatic rings. The van der Waals surface area contributed by atoms with Crippen LogP contribution in [0.4, 0.5) is 0 Å². The lowest BCUT2D eigenvalue weighted by Crippen LogP contribution is -2.17. The zero-order valence-corrected chi connectivity index (χ0v) is 8.12. The summed E-state index contributed by atoms with van der Waals surface area (Å²) in [7, 11) is 1.14. The van der Waals surface area contributed by atoms with Crippen LogP contribution in [0, 0.1) is 18.3 Å². The van der Waals surface area contributed by atoms with Crippen molar-refractivity contribution in [2.24, 2.45) is 0 Å². The largest absolute Gasteiger partial charge is 0.494 e. The topological polar surface area (TPSA) is 103 Å². The van der Waals surface area contributed by atoms with Crippen molar-refractivity contribution in [3.8, 4) is 11.9 Å². The van der Waals surface area contributed by atoms with Crippen molar-refractivity contribution in [1.29, 1.82) is 5.26 Å². The molecule has 15 heavy (non-hydrogen) atoms. The number of nitrogens with one attached hydrogen (secondary N) is 1. The third-order valence-electron chi connectivity index (χ3n) is 1.95. The number of rotatable bonds is 1. The molecular weight excluding hydrogens is 200 g/mol. The highest BCUT2D eigenvalue weighted by Crippen LogP contribution is 2.18. The number of methoxy groups -OCH3 is 1. The van der Waals surface area contributed by atoms with E-state index in [0.29, 0.717) is 0 Å². The minimum Gasteiger partial charge on any atom is -0.494 e. The van der Waals surface area contributed by atoms with Crippen molar-refractivity contribution < 1.29 is 14.6 Å². The quantitative estimate of drug-likeness (QED) is 0.634. The zero-order chi connectivity index (χ0) is 11.6. The highest BCUT2D eigenvalue weighted by atomic mass is 16.5. The molecule has 6 heteroatoms. The van der Waals surface area contributed by atoms with E-state index in [1.165, 1.54) is 6.92 Å². The van der Waals surface area contributed by atoms with Gasteiger partial charge >= 0.3 is 5.97 Å². The number of nitriles is 1. The first-order valence-electron chi connectivity index (χ1n) is 3.97. The molecular formula is C9H8N2O4. The van der Waals surface area contributed by atoms with Crippen molar-refractivity contribution in [2.45, 2.75) is 6.92 Å². The molecule has 1 heterocycles. The van der Waals surface area contributed by atoms with E-state index in [4.69, 9.17) is 5.26 Å². The Balaban J connectivity index is 3.62. The molecule has 1 aromatic rings. The zero-order valence-electron chi connectivity index (χ0n) is 8.12. The molecule has 1 rings (SSSR count). The molecule has 0 atom stereocenters. The fraction of sp³-hybridized carbons (Fsp3) is 0.222. The molecule has 6 nitrogen and oxygen atoms in total. The lowest BCUT2D eigenvalue weighted by molar-refractivity contribution is 0.0595. The number of esters is 1. The lowest BCUT2D eigenvalue weighted by atomic mass is 10.1. The summed E-state index contributed by atoms with van der Waals surface area (Å²) in [6.07, 6.45) is 0. The van der Waals surface area contributed by atoms with E-state index < -0.39 is 17.4 Å². The number of aromatic amines is 1. The summed E-state index contributed by atoms with van der Waals surface area (Å²) in [5.74, 6) is -1.40. The first kappa shape index (κ1) is 10.8. The van der Waals surface area contributed by atoms with Crippen LogP contribution < -0.4 is 5.56 Å². The minimum absolute atomic E-state index is 0.102. The number of nitrogens with zero attached hydrogens (tertiary/aromatic N) is 1. The van der Waals surface area contributed by atoms with Crippen molar-refractivity contribution in [1.82, 2.24) is 4.98 Å². The maximum absolute atomic E-state index is 11.2. The molecule has 0 saturated carbocycles. The van der Waals surface area contributed by atoms with Gasteiger partial charge in [0.2, 0.25) is 5.88 Å². The second-order valence-corrected chi connectivity index (χ2v) is 2.78. The van der Waals surface area contributed by atoms with Crippen LogP contribution in [-0.4, -0.2) is 23.2 Å². The number of carbonyl (C=O) groups is 1. The Morgan fingerprint density at radius 1 is 1.60 bits per heavy atom. The smallest absolute Gasteiger partial charge is 0.343 e. The summed E-state index contributed by atoms with van der Waals surface area (Å²) in [4.78, 5) is 24.4. The highest BCUT2D eigenvalue weighted by molar-refractivity contribution is 5.93. The number of H-pyrrole nitrogens is 1. The van der Waals surface area contributed by atoms with Crippen LogP contribution in [-0.2, 0) is 4.74 Å². The molecule has 0 amide bonds. The molecule has 0 spiro atoms. The predicted octanol–water partition coefficient (Wildman–Crippen LogP) is 0.0472. The van der Waals surface area contributed by atoms with Gasteiger partial charge in [0.05, 0.1) is 7.11 Å². The number of aromatic nitrogens is 1. The summed E-state index contributed by atoms with van der Waals surface area (Å²) in [6.45, 7) is 1.39. The highest BCUT2D eigenvalue weighted by Gasteiger charge is 2.20. The van der Waals surface area contributed by atoms with Crippen LogP contribution in [0.3, 0.4) is 0 Å². The standard InChI is InChI=1S/C9H8N2O4/c1-4-5(3-10)7(12)11-8(13)6(4)9(14)15-2/h1-2H3,(H2,11,12,13). The van der Waals surface area contributed by atoms with Crippen LogP contribution in [0.1, 0.15) is 21.5 Å². The summed E-state index contributed by atoms with van der Waals surface area (Å²) in [6, 6.07) is 1.65. The first-order chi connectivity index (χ1) is 7.02. The number of carbonyl (C=O) groups excluding carboxylic acids is 1. The Morgan fingerprint density at radius 2 is 2.20 bits per heavy atom. The third-order valence-corrected chi connectivity index (χ3v) is 1.95. The van der Waals surface area contributed by atoms with Crippen molar-refractivity contribution >= 4 is 5.97 Å². The van der Waals surface area contributed by atoms with Crippen LogP contribution in [0.15, 0.2) is 4.79 Å². The number of ether oxygens (including phenoxy) is 1. The molecule has 0 aliphatic carbocycles. The van der Waals surface area contributed by atoms with Gasteiger partial charge in [-0.3, -0.25) is 9.78 Å². The minimum atomic E-state index is -0.808. The molecule has 0 aromatic carbocycles. The number of aromatic hydroxyl groups is 1. The average molecular weight is 208 g/mol. The van der Waals surface area contributed by atoms with Crippen LogP contribution >= 0.6 is 0 Å². The number of hydrogen-bond donors (Lipinski definition) is 2. The van der Waals surface area contributed by atoms with Gasteiger partial charge in [0.1, 0.15) is 17.2 Å². The van der Waals surface area contributed by atoms with Crippen LogP contribution in [0.2, 0.25) is 0 Å². The van der Waals surface area contributed by atoms with Gasteiger partial charge in [-0.05, 0) is 12.5 Å². The molecule has 0 radical (unpaired) electrons. The molecule has 0 saturated heterocycles. The van der Waals surface area contributed by atoms with Gasteiger partial charge < -0.3 is 9.84 Å². The maximum Gasteiger partial charge on any atom is 0.343 e. The Bertz CT molecular complexity index is 510. The third kappa shape index (κ3) is 1.67. The summed E-state index contributed by atoms with van der Waals surface area (Å²) < 4.78 is 4.41. The van der Waals surface area contributed by atoms with E-state index in [0.717, 1.165) is 7.11 Å².